The van der Waals surface area contributed by atoms with Crippen LogP contribution >= 0.6 is 0 Å². The monoisotopic (exact) mass is 376 g/mol. The highest BCUT2D eigenvalue weighted by Crippen LogP contribution is 2.19. The van der Waals surface area contributed by atoms with Crippen LogP contribution in [-0.4, -0.2) is 29.5 Å². The van der Waals surface area contributed by atoms with Gasteiger partial charge < -0.3 is 15.0 Å². The summed E-state index contributed by atoms with van der Waals surface area (Å²) in [6, 6.07) is 19.1. The van der Waals surface area contributed by atoms with Gasteiger partial charge in [-0.15, -0.1) is 0 Å². The number of carbonyl (C=O) groups is 1. The maximum atomic E-state index is 12.7. The Morgan fingerprint density at radius 3 is 2.57 bits per heavy atom. The van der Waals surface area contributed by atoms with E-state index in [1.807, 2.05) is 36.4 Å². The predicted octanol–water partition coefficient (Wildman–Crippen LogP) is 4.07. The van der Waals surface area contributed by atoms with E-state index in [9.17, 15) is 4.79 Å². The van der Waals surface area contributed by atoms with E-state index >= 15 is 0 Å². The van der Waals surface area contributed by atoms with Gasteiger partial charge in [0.05, 0.1) is 7.11 Å². The van der Waals surface area contributed by atoms with Gasteiger partial charge in [0.1, 0.15) is 23.1 Å². The molecule has 0 atom stereocenters. The lowest BCUT2D eigenvalue weighted by molar-refractivity contribution is 0.102. The minimum Gasteiger partial charge on any atom is -0.497 e. The summed E-state index contributed by atoms with van der Waals surface area (Å²) in [4.78, 5) is 23.7. The molecule has 0 bridgehead atoms. The van der Waals surface area contributed by atoms with Gasteiger partial charge in [-0.2, -0.15) is 0 Å². The zero-order valence-corrected chi connectivity index (χ0v) is 16.3. The van der Waals surface area contributed by atoms with Gasteiger partial charge in [-0.05, 0) is 31.5 Å². The number of carbonyl (C=O) groups excluding carboxylic acids is 1. The molecular weight excluding hydrogens is 352 g/mol. The van der Waals surface area contributed by atoms with E-state index in [1.165, 1.54) is 5.56 Å². The Bertz CT molecular complexity index is 944. The second-order valence-electron chi connectivity index (χ2n) is 6.34. The maximum absolute atomic E-state index is 12.7. The normalized spacial score (nSPS) is 10.4. The van der Waals surface area contributed by atoms with E-state index in [4.69, 9.17) is 4.74 Å². The molecule has 144 valence electrons. The number of aromatic nitrogens is 2. The van der Waals surface area contributed by atoms with Gasteiger partial charge in [-0.3, -0.25) is 4.79 Å². The number of hydrogen-bond donors (Lipinski definition) is 1. The molecule has 2 aromatic carbocycles. The SMILES string of the molecule is CCN(Cc1ccccc1)c1cc(C(=O)Nc2cccc(OC)c2)nc(C)n1. The third-order valence-electron chi connectivity index (χ3n) is 4.31. The summed E-state index contributed by atoms with van der Waals surface area (Å²) in [5.74, 6) is 1.68. The van der Waals surface area contributed by atoms with Crippen molar-refractivity contribution in [2.24, 2.45) is 0 Å². The Kier molecular flexibility index (Phi) is 6.22. The molecule has 0 unspecified atom stereocenters. The molecule has 0 aliphatic carbocycles. The second-order valence-corrected chi connectivity index (χ2v) is 6.34. The topological polar surface area (TPSA) is 67.4 Å². The third kappa shape index (κ3) is 4.85. The van der Waals surface area contributed by atoms with Crippen LogP contribution in [0, 0.1) is 6.92 Å². The fraction of sp³-hybridized carbons (Fsp3) is 0.227. The zero-order chi connectivity index (χ0) is 19.9. The first-order valence-corrected chi connectivity index (χ1v) is 9.19. The van der Waals surface area contributed by atoms with Crippen molar-refractivity contribution in [3.8, 4) is 5.75 Å². The molecule has 1 aromatic heterocycles. The van der Waals surface area contributed by atoms with E-state index in [-0.39, 0.29) is 5.91 Å². The summed E-state index contributed by atoms with van der Waals surface area (Å²) in [5.41, 5.74) is 2.17. The molecule has 1 heterocycles. The van der Waals surface area contributed by atoms with Crippen LogP contribution < -0.4 is 15.0 Å². The van der Waals surface area contributed by atoms with E-state index < -0.39 is 0 Å². The third-order valence-corrected chi connectivity index (χ3v) is 4.31. The first-order chi connectivity index (χ1) is 13.6. The van der Waals surface area contributed by atoms with E-state index in [1.54, 1.807) is 26.2 Å². The van der Waals surface area contributed by atoms with E-state index in [0.29, 0.717) is 29.5 Å². The van der Waals surface area contributed by atoms with Gasteiger partial charge in [0.15, 0.2) is 0 Å². The van der Waals surface area contributed by atoms with Crippen molar-refractivity contribution in [3.05, 3.63) is 77.7 Å². The Morgan fingerprint density at radius 2 is 1.86 bits per heavy atom. The highest BCUT2D eigenvalue weighted by molar-refractivity contribution is 6.03. The summed E-state index contributed by atoms with van der Waals surface area (Å²) in [6.07, 6.45) is 0. The van der Waals surface area contributed by atoms with Crippen LogP contribution in [0.15, 0.2) is 60.7 Å². The fourth-order valence-electron chi connectivity index (χ4n) is 2.88. The number of benzene rings is 2. The molecule has 0 radical (unpaired) electrons. The number of nitrogens with one attached hydrogen (secondary N) is 1. The van der Waals surface area contributed by atoms with E-state index in [0.717, 1.165) is 12.4 Å². The van der Waals surface area contributed by atoms with Gasteiger partial charge in [0, 0.05) is 30.9 Å². The molecule has 28 heavy (non-hydrogen) atoms. The number of methoxy groups -OCH3 is 1. The van der Waals surface area contributed by atoms with Crippen molar-refractivity contribution in [3.63, 3.8) is 0 Å². The number of hydrogen-bond acceptors (Lipinski definition) is 5. The molecule has 0 spiro atoms. The highest BCUT2D eigenvalue weighted by Gasteiger charge is 2.15. The van der Waals surface area contributed by atoms with Gasteiger partial charge in [-0.1, -0.05) is 36.4 Å². The Morgan fingerprint density at radius 1 is 1.07 bits per heavy atom. The Labute approximate surface area is 165 Å². The van der Waals surface area contributed by atoms with Crippen molar-refractivity contribution in [1.29, 1.82) is 0 Å². The average molecular weight is 376 g/mol. The molecule has 0 aliphatic rings. The molecule has 6 nitrogen and oxygen atoms in total. The van der Waals surface area contributed by atoms with Crippen LogP contribution in [0.5, 0.6) is 5.75 Å². The molecule has 3 aromatic rings. The smallest absolute Gasteiger partial charge is 0.274 e. The van der Waals surface area contributed by atoms with Crippen LogP contribution in [0.1, 0.15) is 28.8 Å². The minimum atomic E-state index is -0.282. The molecule has 0 saturated heterocycles. The van der Waals surface area contributed by atoms with Crippen LogP contribution in [0.3, 0.4) is 0 Å². The average Bonchev–Trinajstić information content (AvgIpc) is 2.72. The van der Waals surface area contributed by atoms with Crippen molar-refractivity contribution >= 4 is 17.4 Å². The quantitative estimate of drug-likeness (QED) is 0.673. The molecule has 6 heteroatoms. The number of nitrogens with zero attached hydrogens (tertiary/aromatic N) is 3. The lowest BCUT2D eigenvalue weighted by Gasteiger charge is -2.22. The van der Waals surface area contributed by atoms with Crippen LogP contribution in [0.2, 0.25) is 0 Å². The molecule has 0 fully saturated rings. The summed E-state index contributed by atoms with van der Waals surface area (Å²) >= 11 is 0. The lowest BCUT2D eigenvalue weighted by Crippen LogP contribution is -2.25. The van der Waals surface area contributed by atoms with Crippen molar-refractivity contribution < 1.29 is 9.53 Å². The van der Waals surface area contributed by atoms with Gasteiger partial charge >= 0.3 is 0 Å². The van der Waals surface area contributed by atoms with Crippen molar-refractivity contribution in [2.75, 3.05) is 23.9 Å². The number of ether oxygens (including phenoxy) is 1. The molecule has 3 rings (SSSR count). The van der Waals surface area contributed by atoms with Crippen LogP contribution in [0.25, 0.3) is 0 Å². The lowest BCUT2D eigenvalue weighted by atomic mass is 10.2. The molecule has 0 aliphatic heterocycles. The largest absolute Gasteiger partial charge is 0.497 e. The van der Waals surface area contributed by atoms with Crippen LogP contribution in [0.4, 0.5) is 11.5 Å². The molecule has 1 N–H and O–H groups in total. The number of rotatable bonds is 7. The van der Waals surface area contributed by atoms with Crippen LogP contribution in [-0.2, 0) is 6.54 Å². The summed E-state index contributed by atoms with van der Waals surface area (Å²) in [7, 11) is 1.59. The Hall–Kier alpha value is -3.41. The van der Waals surface area contributed by atoms with E-state index in [2.05, 4.69) is 39.2 Å². The number of anilines is 2. The highest BCUT2D eigenvalue weighted by atomic mass is 16.5. The minimum absolute atomic E-state index is 0.282. The first-order valence-electron chi connectivity index (χ1n) is 9.19. The van der Waals surface area contributed by atoms with Gasteiger partial charge in [0.25, 0.3) is 5.91 Å². The molecule has 0 saturated carbocycles. The van der Waals surface area contributed by atoms with Crippen molar-refractivity contribution in [2.45, 2.75) is 20.4 Å². The first kappa shape index (κ1) is 19.4. The number of amides is 1. The summed E-state index contributed by atoms with van der Waals surface area (Å²) < 4.78 is 5.20. The summed E-state index contributed by atoms with van der Waals surface area (Å²) in [6.45, 7) is 5.34. The Balaban J connectivity index is 1.82. The number of aryl methyl sites for hydroxylation is 1. The molecule has 1 amide bonds. The fourth-order valence-corrected chi connectivity index (χ4v) is 2.88. The molecular formula is C22H24N4O2. The summed E-state index contributed by atoms with van der Waals surface area (Å²) in [5, 5.41) is 2.87. The predicted molar refractivity (Wildman–Crippen MR) is 111 cm³/mol. The van der Waals surface area contributed by atoms with Gasteiger partial charge in [-0.25, -0.2) is 9.97 Å². The van der Waals surface area contributed by atoms with Gasteiger partial charge in [0.2, 0.25) is 0 Å². The van der Waals surface area contributed by atoms with Crippen molar-refractivity contribution in [1.82, 2.24) is 9.97 Å². The zero-order valence-electron chi connectivity index (χ0n) is 16.3. The maximum Gasteiger partial charge on any atom is 0.274 e. The second kappa shape index (κ2) is 8.99. The standard InChI is InChI=1S/C22H24N4O2/c1-4-26(15-17-9-6-5-7-10-17)21-14-20(23-16(2)24-21)22(27)25-18-11-8-12-19(13-18)28-3/h5-14H,4,15H2,1-3H3,(H,25,27).